The van der Waals surface area contributed by atoms with Crippen LogP contribution in [-0.4, -0.2) is 197 Å². The molecule has 3 heterocycles. The third kappa shape index (κ3) is 32.0. The first kappa shape index (κ1) is 102. The van der Waals surface area contributed by atoms with E-state index < -0.39 is 161 Å². The van der Waals surface area contributed by atoms with Gasteiger partial charge in [-0.2, -0.15) is 0 Å². The lowest BCUT2D eigenvalue weighted by Gasteiger charge is -2.32. The summed E-state index contributed by atoms with van der Waals surface area (Å²) in [6.45, 7) is 14.0. The second-order valence-electron chi connectivity index (χ2n) is 34.5. The molecule has 6 aromatic carbocycles. The Kier molecular flexibility index (Phi) is 40.0. The Bertz CT molecular complexity index is 4850. The summed E-state index contributed by atoms with van der Waals surface area (Å²) in [6.07, 6.45) is -1.37. The summed E-state index contributed by atoms with van der Waals surface area (Å²) in [5.74, 6) is -11.4. The number of amides is 14. The average molecular weight is 1850 g/mol. The van der Waals surface area contributed by atoms with E-state index in [4.69, 9.17) is 48.0 Å². The third-order valence-corrected chi connectivity index (χ3v) is 23.3. The molecule has 0 aromatic heterocycles. The molecule has 0 radical (unpaired) electrons. The van der Waals surface area contributed by atoms with Crippen molar-refractivity contribution in [2.75, 3.05) is 26.2 Å². The summed E-state index contributed by atoms with van der Waals surface area (Å²) in [5.41, 5.74) is 10.0. The molecule has 0 bridgehead atoms. The number of hydrogen-bond donors (Lipinski definition) is 11. The minimum atomic E-state index is -1.49. The van der Waals surface area contributed by atoms with Crippen molar-refractivity contribution in [3.05, 3.63) is 207 Å². The predicted octanol–water partition coefficient (Wildman–Crippen LogP) is 8.21. The van der Waals surface area contributed by atoms with Crippen LogP contribution in [0.4, 0.5) is 9.59 Å². The van der Waals surface area contributed by atoms with Crippen LogP contribution in [0, 0.1) is 23.7 Å². The summed E-state index contributed by atoms with van der Waals surface area (Å²) in [7, 11) is 0. The van der Waals surface area contributed by atoms with Gasteiger partial charge in [0, 0.05) is 73.9 Å². The van der Waals surface area contributed by atoms with Crippen LogP contribution in [0.15, 0.2) is 164 Å². The lowest BCUT2D eigenvalue weighted by molar-refractivity contribution is -0.200. The molecule has 0 unspecified atom stereocenters. The summed E-state index contributed by atoms with van der Waals surface area (Å²) in [4.78, 5) is 222. The molecule has 3 fully saturated rings. The number of imide groups is 1. The topological polar surface area (TPSA) is 449 Å². The maximum Gasteiger partial charge on any atom is 0.407 e. The van der Waals surface area contributed by atoms with Crippen LogP contribution in [0.25, 0.3) is 0 Å². The minimum absolute atomic E-state index is 0.00442. The van der Waals surface area contributed by atoms with Gasteiger partial charge in [-0.3, -0.25) is 57.5 Å². The van der Waals surface area contributed by atoms with Gasteiger partial charge in [0.25, 0.3) is 11.8 Å². The van der Waals surface area contributed by atoms with Crippen molar-refractivity contribution < 1.29 is 91.0 Å². The summed E-state index contributed by atoms with van der Waals surface area (Å²) in [6, 6.07) is 32.5. The van der Waals surface area contributed by atoms with E-state index >= 15 is 28.8 Å². The van der Waals surface area contributed by atoms with Gasteiger partial charge in [-0.15, -0.1) is 5.06 Å². The molecular weight excluding hydrogens is 1720 g/mol. The second kappa shape index (κ2) is 51.2. The van der Waals surface area contributed by atoms with Crippen LogP contribution in [0.3, 0.4) is 0 Å². The van der Waals surface area contributed by atoms with E-state index in [1.165, 1.54) is 9.80 Å². The zero-order valence-corrected chi connectivity index (χ0v) is 76.7. The van der Waals surface area contributed by atoms with Crippen molar-refractivity contribution in [3.8, 4) is 5.75 Å². The maximum absolute atomic E-state index is 15.8. The first-order chi connectivity index (χ1) is 62.7. The summed E-state index contributed by atoms with van der Waals surface area (Å²) >= 11 is 13.0. The van der Waals surface area contributed by atoms with Gasteiger partial charge in [0.2, 0.25) is 59.1 Å². The summed E-state index contributed by atoms with van der Waals surface area (Å²) in [5, 5.41) is 29.2. The fraction of sp³-hybridized carbons (Fsp3) is 0.469. The molecule has 11 atom stereocenters. The van der Waals surface area contributed by atoms with Gasteiger partial charge in [0.05, 0.1) is 6.04 Å². The molecule has 3 aliphatic rings. The average Bonchev–Trinajstić information content (AvgIpc) is 1.72. The Morgan fingerprint density at radius 3 is 1.24 bits per heavy atom. The fourth-order valence-corrected chi connectivity index (χ4v) is 15.8. The molecule has 704 valence electrons. The lowest BCUT2D eigenvalue weighted by atomic mass is 9.99. The molecule has 0 aliphatic carbocycles. The molecule has 131 heavy (non-hydrogen) atoms. The number of nitrogens with one attached hydrogen (secondary N) is 10. The van der Waals surface area contributed by atoms with Gasteiger partial charge in [0.15, 0.2) is 0 Å². The van der Waals surface area contributed by atoms with Crippen LogP contribution < -0.4 is 63.6 Å². The molecule has 14 amide bonds. The van der Waals surface area contributed by atoms with Gasteiger partial charge in [-0.05, 0) is 140 Å². The van der Waals surface area contributed by atoms with Crippen LogP contribution in [-0.2, 0) is 116 Å². The molecule has 9 rings (SSSR count). The van der Waals surface area contributed by atoms with E-state index in [1.54, 1.807) is 181 Å². The van der Waals surface area contributed by atoms with Crippen LogP contribution >= 0.6 is 23.2 Å². The Morgan fingerprint density at radius 1 is 0.412 bits per heavy atom. The Hall–Kier alpha value is -12.5. The molecule has 12 N–H and O–H groups in total. The second-order valence-corrected chi connectivity index (χ2v) is 35.4. The van der Waals surface area contributed by atoms with Crippen molar-refractivity contribution in [2.24, 2.45) is 29.4 Å². The van der Waals surface area contributed by atoms with E-state index in [-0.39, 0.29) is 154 Å². The normalized spacial score (nSPS) is 16.3. The van der Waals surface area contributed by atoms with E-state index in [0.717, 1.165) is 11.1 Å². The maximum atomic E-state index is 15.8. The minimum Gasteiger partial charge on any atom is -0.489 e. The van der Waals surface area contributed by atoms with E-state index in [0.29, 0.717) is 49.5 Å². The Labute approximate surface area is 773 Å². The molecule has 3 aliphatic heterocycles. The number of hydrogen-bond acceptors (Lipinski definition) is 20. The van der Waals surface area contributed by atoms with Crippen molar-refractivity contribution in [2.45, 2.75) is 238 Å². The van der Waals surface area contributed by atoms with Crippen molar-refractivity contribution in [1.29, 1.82) is 0 Å². The molecular formula is C96H122Cl2N14O19. The largest absolute Gasteiger partial charge is 0.489 e. The van der Waals surface area contributed by atoms with Gasteiger partial charge in [-0.1, -0.05) is 218 Å². The smallest absolute Gasteiger partial charge is 0.407 e. The van der Waals surface area contributed by atoms with Gasteiger partial charge >= 0.3 is 18.2 Å². The van der Waals surface area contributed by atoms with E-state index in [1.807, 2.05) is 38.1 Å². The SMILES string of the molecule is CC(C)C[C@H](NC(=O)[C@H](CCCNC(=O)OCc1ccccc1)NC(=O)[C@@H](N)C(C)C)C(=O)N[C@H](Cc1ccccc1)C(=O)N[C@H](Cc1ccc(OCc2c(Cl)cccc2Cl)cc1)C(=O)N1CCC[C@H]1C(=O)N[C@H](C(=O)N[C@@H](CCCNC(=O)OCc1ccccc1)C(=O)N[C@@H](CC(C)C)C(=O)N[C@H](Cc1ccccc1)C(=O)N1CCC[C@H]1C(=O)ON1C(=O)CCC1=O)C(C)C. The number of halogens is 2. The van der Waals surface area contributed by atoms with E-state index in [2.05, 4.69) is 53.2 Å². The van der Waals surface area contributed by atoms with Gasteiger partial charge < -0.3 is 87.7 Å². The Balaban J connectivity index is 0.956. The number of carbonyl (C=O) groups excluding carboxylic acids is 15. The number of carbonyl (C=O) groups is 15. The van der Waals surface area contributed by atoms with Crippen LogP contribution in [0.5, 0.6) is 5.75 Å². The van der Waals surface area contributed by atoms with Gasteiger partial charge in [-0.25, -0.2) is 14.4 Å². The number of likely N-dealkylation sites (tertiary alicyclic amines) is 2. The number of nitrogens with two attached hydrogens (primary N) is 1. The fourth-order valence-electron chi connectivity index (χ4n) is 15.3. The molecule has 0 saturated carbocycles. The van der Waals surface area contributed by atoms with Crippen LogP contribution in [0.1, 0.15) is 166 Å². The first-order valence-electron chi connectivity index (χ1n) is 44.7. The zero-order valence-electron chi connectivity index (χ0n) is 75.2. The molecule has 6 aromatic rings. The number of ether oxygens (including phenoxy) is 3. The quantitative estimate of drug-likeness (QED) is 0.0127. The number of rotatable bonds is 47. The van der Waals surface area contributed by atoms with Gasteiger partial charge in [0.1, 0.15) is 86.0 Å². The number of alkyl carbamates (subject to hydrolysis) is 2. The van der Waals surface area contributed by atoms with E-state index in [9.17, 15) is 43.2 Å². The number of nitrogens with zero attached hydrogens (tertiary/aromatic N) is 3. The molecule has 35 heteroatoms. The summed E-state index contributed by atoms with van der Waals surface area (Å²) < 4.78 is 16.9. The highest BCUT2D eigenvalue weighted by molar-refractivity contribution is 6.36. The number of hydroxylamine groups is 2. The highest BCUT2D eigenvalue weighted by Gasteiger charge is 2.45. The first-order valence-corrected chi connectivity index (χ1v) is 45.4. The highest BCUT2D eigenvalue weighted by atomic mass is 35.5. The Morgan fingerprint density at radius 2 is 0.794 bits per heavy atom. The zero-order chi connectivity index (χ0) is 94.8. The number of benzene rings is 6. The predicted molar refractivity (Wildman–Crippen MR) is 488 cm³/mol. The van der Waals surface area contributed by atoms with Crippen molar-refractivity contribution >= 4 is 112 Å². The molecule has 3 saturated heterocycles. The van der Waals surface area contributed by atoms with Crippen LogP contribution in [0.2, 0.25) is 10.0 Å². The van der Waals surface area contributed by atoms with Crippen molar-refractivity contribution in [3.63, 3.8) is 0 Å². The lowest BCUT2D eigenvalue weighted by Crippen LogP contribution is -2.61. The molecule has 33 nitrogen and oxygen atoms in total. The highest BCUT2D eigenvalue weighted by Crippen LogP contribution is 2.29. The standard InChI is InChI=1S/C96H122Cl2N14O19/c1-58(2)50-73(104-84(115)71(102-90(121)82(99)60(5)6)36-22-46-100-95(126)129-55-65-30-17-11-18-31-65)86(117)106-75(52-62-26-13-9-14-27-62)88(119)108-77(54-64-40-42-67(43-41-64)128-57-68-69(97)34-21-35-70(68)98)92(123)110-48-24-38-78(110)89(120)109-83(61(7)8)91(122)103-72(37-23-47-101-96(127)130-56-66-32-19-12-20-33-66)85(116)105-74(51-59(3)4)87(118)107-76(53-63-28-15-10-16-29-63)93(124)111-49-25-39-79(111)94(125)131-112-80(113)44-45-81(112)114/h9-21,26-35,40-43,58-61,71-79,82-83H,22-25,36-39,44-57,99H2,1-8H3,(H,100,126)(H,101,127)(H,102,121)(H,103,122)(H,104,115)(H,105,116)(H,106,117)(H,107,118)(H,108,119)(H,109,120)/t71-,72-,73-,74-,75+,76+,77+,78-,79-,82-,83-/m0/s1. The van der Waals surface area contributed by atoms with Crippen molar-refractivity contribution in [1.82, 2.24) is 68.0 Å². The monoisotopic (exact) mass is 1840 g/mol. The molecule has 0 spiro atoms. The third-order valence-electron chi connectivity index (χ3n) is 22.6.